The Balaban J connectivity index is 2.25. The number of benzene rings is 1. The van der Waals surface area contributed by atoms with Gasteiger partial charge in [0.15, 0.2) is 11.0 Å². The zero-order valence-corrected chi connectivity index (χ0v) is 10.5. The number of aromatic nitrogens is 2. The third kappa shape index (κ3) is 2.51. The van der Waals surface area contributed by atoms with Gasteiger partial charge in [-0.25, -0.2) is 14.4 Å². The molecule has 0 fully saturated rings. The van der Waals surface area contributed by atoms with E-state index in [1.807, 2.05) is 0 Å². The van der Waals surface area contributed by atoms with Gasteiger partial charge in [-0.15, -0.1) is 0 Å². The van der Waals surface area contributed by atoms with Crippen LogP contribution >= 0.6 is 11.6 Å². The first-order valence-corrected chi connectivity index (χ1v) is 5.68. The van der Waals surface area contributed by atoms with Gasteiger partial charge in [-0.3, -0.25) is 0 Å². The maximum absolute atomic E-state index is 13.5. The first-order chi connectivity index (χ1) is 8.59. The summed E-state index contributed by atoms with van der Waals surface area (Å²) >= 11 is 5.82. The van der Waals surface area contributed by atoms with Crippen LogP contribution in [-0.2, 0) is 6.54 Å². The lowest BCUT2D eigenvalue weighted by atomic mass is 10.2. The van der Waals surface area contributed by atoms with Crippen molar-refractivity contribution in [3.63, 3.8) is 0 Å². The van der Waals surface area contributed by atoms with E-state index in [-0.39, 0.29) is 16.7 Å². The van der Waals surface area contributed by atoms with Crippen LogP contribution in [0.1, 0.15) is 5.56 Å². The van der Waals surface area contributed by atoms with E-state index in [4.69, 9.17) is 17.3 Å². The molecule has 0 saturated carbocycles. The zero-order valence-electron chi connectivity index (χ0n) is 9.77. The maximum atomic E-state index is 13.5. The summed E-state index contributed by atoms with van der Waals surface area (Å²) in [6.45, 7) is 0.351. The highest BCUT2D eigenvalue weighted by atomic mass is 35.5. The Labute approximate surface area is 109 Å². The Morgan fingerprint density at radius 2 is 2.06 bits per heavy atom. The highest BCUT2D eigenvalue weighted by Gasteiger charge is 2.12. The first kappa shape index (κ1) is 12.6. The molecule has 1 heterocycles. The van der Waals surface area contributed by atoms with Gasteiger partial charge in [0.2, 0.25) is 0 Å². The second-order valence-electron chi connectivity index (χ2n) is 3.85. The molecule has 2 aromatic rings. The molecule has 6 heteroatoms. The Morgan fingerprint density at radius 1 is 1.33 bits per heavy atom. The molecule has 0 amide bonds. The molecule has 0 aliphatic carbocycles. The van der Waals surface area contributed by atoms with Gasteiger partial charge in [-0.1, -0.05) is 29.8 Å². The van der Waals surface area contributed by atoms with Crippen LogP contribution < -0.4 is 10.6 Å². The molecule has 0 aliphatic rings. The summed E-state index contributed by atoms with van der Waals surface area (Å²) < 4.78 is 13.5. The summed E-state index contributed by atoms with van der Waals surface area (Å²) in [5.41, 5.74) is 6.64. The number of nitrogens with two attached hydrogens (primary N) is 1. The van der Waals surface area contributed by atoms with E-state index >= 15 is 0 Å². The van der Waals surface area contributed by atoms with E-state index in [9.17, 15) is 4.39 Å². The fraction of sp³-hybridized carbons (Fsp3) is 0.167. The SMILES string of the molecule is CN(Cc1ccccc1F)c1ncnc(Cl)c1N. The second kappa shape index (κ2) is 5.18. The smallest absolute Gasteiger partial charge is 0.157 e. The van der Waals surface area contributed by atoms with Crippen molar-refractivity contribution in [2.45, 2.75) is 6.54 Å². The molecule has 0 spiro atoms. The zero-order chi connectivity index (χ0) is 13.1. The number of nitrogens with zero attached hydrogens (tertiary/aromatic N) is 3. The van der Waals surface area contributed by atoms with Crippen LogP contribution in [0.5, 0.6) is 0 Å². The number of nitrogen functional groups attached to an aromatic ring is 1. The fourth-order valence-electron chi connectivity index (χ4n) is 1.63. The molecule has 0 unspecified atom stereocenters. The van der Waals surface area contributed by atoms with E-state index in [2.05, 4.69) is 9.97 Å². The van der Waals surface area contributed by atoms with Gasteiger partial charge >= 0.3 is 0 Å². The Kier molecular flexibility index (Phi) is 3.62. The average Bonchev–Trinajstić information content (AvgIpc) is 2.35. The molecule has 0 aliphatic heterocycles. The molecule has 1 aromatic carbocycles. The number of hydrogen-bond acceptors (Lipinski definition) is 4. The van der Waals surface area contributed by atoms with E-state index < -0.39 is 0 Å². The Morgan fingerprint density at radius 3 is 2.78 bits per heavy atom. The third-order valence-corrected chi connectivity index (χ3v) is 2.84. The highest BCUT2D eigenvalue weighted by molar-refractivity contribution is 6.32. The molecule has 94 valence electrons. The van der Waals surface area contributed by atoms with E-state index in [0.29, 0.717) is 17.9 Å². The van der Waals surface area contributed by atoms with Crippen LogP contribution in [0.2, 0.25) is 5.15 Å². The van der Waals surface area contributed by atoms with Crippen molar-refractivity contribution in [3.8, 4) is 0 Å². The van der Waals surface area contributed by atoms with Crippen molar-refractivity contribution < 1.29 is 4.39 Å². The van der Waals surface area contributed by atoms with E-state index in [1.54, 1.807) is 30.1 Å². The molecule has 1 aromatic heterocycles. The molecular weight excluding hydrogens is 255 g/mol. The van der Waals surface area contributed by atoms with Gasteiger partial charge in [0, 0.05) is 19.2 Å². The normalized spacial score (nSPS) is 10.4. The fourth-order valence-corrected chi connectivity index (χ4v) is 1.75. The minimum atomic E-state index is -0.261. The van der Waals surface area contributed by atoms with Crippen molar-refractivity contribution in [2.75, 3.05) is 17.7 Å². The van der Waals surface area contributed by atoms with Gasteiger partial charge in [-0.2, -0.15) is 0 Å². The Bertz CT molecular complexity index is 562. The molecule has 0 saturated heterocycles. The monoisotopic (exact) mass is 266 g/mol. The standard InChI is InChI=1S/C12H12ClFN4/c1-18(6-8-4-2-3-5-9(8)14)12-10(15)11(13)16-7-17-12/h2-5,7H,6,15H2,1H3. The summed E-state index contributed by atoms with van der Waals surface area (Å²) in [5, 5.41) is 0.195. The third-order valence-electron chi connectivity index (χ3n) is 2.54. The molecule has 0 radical (unpaired) electrons. The average molecular weight is 267 g/mol. The molecule has 0 atom stereocenters. The summed E-state index contributed by atoms with van der Waals surface area (Å²) in [7, 11) is 1.77. The lowest BCUT2D eigenvalue weighted by molar-refractivity contribution is 0.607. The van der Waals surface area contributed by atoms with Crippen molar-refractivity contribution in [3.05, 3.63) is 47.1 Å². The van der Waals surface area contributed by atoms with Crippen LogP contribution in [0.3, 0.4) is 0 Å². The van der Waals surface area contributed by atoms with Gasteiger partial charge in [0.25, 0.3) is 0 Å². The van der Waals surface area contributed by atoms with Crippen molar-refractivity contribution in [1.82, 2.24) is 9.97 Å². The summed E-state index contributed by atoms with van der Waals surface area (Å²) in [6.07, 6.45) is 1.33. The van der Waals surface area contributed by atoms with Gasteiger partial charge in [0.05, 0.1) is 0 Å². The minimum absolute atomic E-state index is 0.195. The van der Waals surface area contributed by atoms with Crippen LogP contribution in [0, 0.1) is 5.82 Å². The van der Waals surface area contributed by atoms with Crippen molar-refractivity contribution in [1.29, 1.82) is 0 Å². The molecule has 2 rings (SSSR count). The molecule has 0 bridgehead atoms. The second-order valence-corrected chi connectivity index (χ2v) is 4.21. The van der Waals surface area contributed by atoms with Crippen molar-refractivity contribution in [2.24, 2.45) is 0 Å². The van der Waals surface area contributed by atoms with Crippen molar-refractivity contribution >= 4 is 23.1 Å². The number of hydrogen-bond donors (Lipinski definition) is 1. The van der Waals surface area contributed by atoms with Gasteiger partial charge in [0.1, 0.15) is 17.8 Å². The van der Waals surface area contributed by atoms with Crippen LogP contribution in [0.4, 0.5) is 15.9 Å². The number of anilines is 2. The topological polar surface area (TPSA) is 55.0 Å². The summed E-state index contributed by atoms with van der Waals surface area (Å²) in [6, 6.07) is 6.56. The number of halogens is 2. The number of rotatable bonds is 3. The summed E-state index contributed by atoms with van der Waals surface area (Å²) in [5.74, 6) is 0.223. The van der Waals surface area contributed by atoms with Crippen LogP contribution in [0.15, 0.2) is 30.6 Å². The van der Waals surface area contributed by atoms with Crippen LogP contribution in [0.25, 0.3) is 0 Å². The maximum Gasteiger partial charge on any atom is 0.157 e. The van der Waals surface area contributed by atoms with E-state index in [1.165, 1.54) is 12.4 Å². The van der Waals surface area contributed by atoms with Gasteiger partial charge in [-0.05, 0) is 6.07 Å². The predicted octanol–water partition coefficient (Wildman–Crippen LogP) is 2.49. The summed E-state index contributed by atoms with van der Waals surface area (Å²) in [4.78, 5) is 9.55. The Hall–Kier alpha value is -1.88. The largest absolute Gasteiger partial charge is 0.393 e. The quantitative estimate of drug-likeness (QED) is 0.867. The first-order valence-electron chi connectivity index (χ1n) is 5.30. The van der Waals surface area contributed by atoms with Gasteiger partial charge < -0.3 is 10.6 Å². The van der Waals surface area contributed by atoms with E-state index in [0.717, 1.165) is 0 Å². The highest BCUT2D eigenvalue weighted by Crippen LogP contribution is 2.26. The lowest BCUT2D eigenvalue weighted by Crippen LogP contribution is -2.20. The molecule has 4 nitrogen and oxygen atoms in total. The molecule has 2 N–H and O–H groups in total. The predicted molar refractivity (Wildman–Crippen MR) is 70.0 cm³/mol. The molecule has 18 heavy (non-hydrogen) atoms. The minimum Gasteiger partial charge on any atom is -0.393 e. The molecular formula is C12H12ClFN4. The lowest BCUT2D eigenvalue weighted by Gasteiger charge is -2.20. The van der Waals surface area contributed by atoms with Crippen LogP contribution in [-0.4, -0.2) is 17.0 Å².